The van der Waals surface area contributed by atoms with Crippen LogP contribution in [0.2, 0.25) is 0 Å². The lowest BCUT2D eigenvalue weighted by Crippen LogP contribution is -2.13. The molecule has 3 N–H and O–H groups in total. The highest BCUT2D eigenvalue weighted by Gasteiger charge is 2.07. The molecule has 1 aromatic rings. The summed E-state index contributed by atoms with van der Waals surface area (Å²) in [6, 6.07) is -0.0758. The van der Waals surface area contributed by atoms with Crippen molar-refractivity contribution in [3.8, 4) is 0 Å². The molecule has 56 valence electrons. The number of nitrogens with two attached hydrogens (primary N) is 1. The highest BCUT2D eigenvalue weighted by atomic mass is 19.1. The minimum absolute atomic E-state index is 0.209. The molecule has 0 saturated carbocycles. The molecule has 0 fully saturated rings. The fourth-order valence-electron chi connectivity index (χ4n) is 0.623. The maximum absolute atomic E-state index is 12.1. The first-order valence-corrected chi connectivity index (χ1v) is 2.84. The van der Waals surface area contributed by atoms with Crippen LogP contribution >= 0.6 is 0 Å². The van der Waals surface area contributed by atoms with Gasteiger partial charge in [0.15, 0.2) is 0 Å². The molecule has 4 heteroatoms. The largest absolute Gasteiger partial charge is 0.439 e. The van der Waals surface area contributed by atoms with Crippen molar-refractivity contribution >= 4 is 0 Å². The Morgan fingerprint density at radius 1 is 1.80 bits per heavy atom. The number of halogens is 1. The first kappa shape index (κ1) is 7.24. The third-order valence-corrected chi connectivity index (χ3v) is 1.21. The third-order valence-electron chi connectivity index (χ3n) is 1.21. The van der Waals surface area contributed by atoms with Gasteiger partial charge >= 0.3 is 0 Å². The van der Waals surface area contributed by atoms with Gasteiger partial charge in [-0.1, -0.05) is 0 Å². The first-order chi connectivity index (χ1) is 4.74. The Morgan fingerprint density at radius 3 is 2.90 bits per heavy atom. The zero-order valence-corrected chi connectivity index (χ0v) is 5.25. The van der Waals surface area contributed by atoms with Gasteiger partial charge in [-0.05, 0) is 0 Å². The lowest BCUT2D eigenvalue weighted by Gasteiger charge is -2.01. The molecule has 0 saturated heterocycles. The van der Waals surface area contributed by atoms with E-state index in [4.69, 9.17) is 10.8 Å². The van der Waals surface area contributed by atoms with Gasteiger partial charge in [0, 0.05) is 11.6 Å². The molecule has 0 unspecified atom stereocenters. The van der Waals surface area contributed by atoms with E-state index in [1.54, 1.807) is 0 Å². The van der Waals surface area contributed by atoms with E-state index in [9.17, 15) is 4.39 Å². The van der Waals surface area contributed by atoms with Crippen LogP contribution in [0.5, 0.6) is 0 Å². The first-order valence-electron chi connectivity index (χ1n) is 2.84. The van der Waals surface area contributed by atoms with E-state index in [0.717, 1.165) is 6.07 Å². The van der Waals surface area contributed by atoms with Gasteiger partial charge in [-0.2, -0.15) is 4.39 Å². The van der Waals surface area contributed by atoms with Crippen LogP contribution in [0.25, 0.3) is 0 Å². The van der Waals surface area contributed by atoms with Crippen LogP contribution in [0.15, 0.2) is 16.7 Å². The fourth-order valence-corrected chi connectivity index (χ4v) is 0.623. The van der Waals surface area contributed by atoms with Gasteiger partial charge in [0.05, 0.1) is 18.9 Å². The van der Waals surface area contributed by atoms with E-state index in [-0.39, 0.29) is 6.61 Å². The predicted molar refractivity (Wildman–Crippen MR) is 32.7 cm³/mol. The smallest absolute Gasteiger partial charge is 0.277 e. The minimum Gasteiger partial charge on any atom is -0.439 e. The molecule has 0 bridgehead atoms. The molecule has 3 nitrogen and oxygen atoms in total. The summed E-state index contributed by atoms with van der Waals surface area (Å²) in [5.41, 5.74) is 5.80. The van der Waals surface area contributed by atoms with E-state index < -0.39 is 12.1 Å². The molecule has 10 heavy (non-hydrogen) atoms. The molecular formula is C6H8FNO2. The summed E-state index contributed by atoms with van der Waals surface area (Å²) >= 11 is 0. The minimum atomic E-state index is -0.682. The zero-order valence-electron chi connectivity index (χ0n) is 5.25. The number of rotatable bonds is 2. The molecule has 1 rings (SSSR count). The average molecular weight is 145 g/mol. The summed E-state index contributed by atoms with van der Waals surface area (Å²) in [6.07, 6.45) is 1.19. The molecular weight excluding hydrogens is 137 g/mol. The summed E-state index contributed by atoms with van der Waals surface area (Å²) < 4.78 is 16.4. The van der Waals surface area contributed by atoms with Crippen molar-refractivity contribution in [3.63, 3.8) is 0 Å². The second kappa shape index (κ2) is 2.81. The van der Waals surface area contributed by atoms with Crippen LogP contribution < -0.4 is 5.73 Å². The molecule has 0 aromatic carbocycles. The second-order valence-electron chi connectivity index (χ2n) is 1.97. The van der Waals surface area contributed by atoms with Gasteiger partial charge in [-0.15, -0.1) is 0 Å². The Hall–Kier alpha value is -0.870. The quantitative estimate of drug-likeness (QED) is 0.633. The van der Waals surface area contributed by atoms with Crippen molar-refractivity contribution < 1.29 is 13.9 Å². The van der Waals surface area contributed by atoms with Gasteiger partial charge in [0.25, 0.3) is 6.01 Å². The molecule has 1 heterocycles. The number of hydrogen-bond donors (Lipinski definition) is 2. The predicted octanol–water partition coefficient (Wildman–Crippen LogP) is 0.411. The lowest BCUT2D eigenvalue weighted by molar-refractivity contribution is 0.267. The Morgan fingerprint density at radius 2 is 2.50 bits per heavy atom. The summed E-state index contributed by atoms with van der Waals surface area (Å²) in [5, 5.41) is 8.51. The highest BCUT2D eigenvalue weighted by Crippen LogP contribution is 2.12. The molecule has 0 spiro atoms. The normalized spacial score (nSPS) is 13.5. The van der Waals surface area contributed by atoms with E-state index in [2.05, 4.69) is 4.42 Å². The maximum atomic E-state index is 12.1. The van der Waals surface area contributed by atoms with Crippen LogP contribution in [-0.2, 0) is 0 Å². The Kier molecular flexibility index (Phi) is 2.03. The standard InChI is InChI=1S/C6H8FNO2/c7-6-1-4(3-10-6)5(8)2-9/h1,3,5,9H,2,8H2/t5-/m1/s1. The number of hydrogen-bond acceptors (Lipinski definition) is 3. The Labute approximate surface area is 57.3 Å². The van der Waals surface area contributed by atoms with Crippen LogP contribution in [-0.4, -0.2) is 11.7 Å². The van der Waals surface area contributed by atoms with Gasteiger partial charge < -0.3 is 15.3 Å². The van der Waals surface area contributed by atoms with Crippen molar-refractivity contribution in [2.75, 3.05) is 6.61 Å². The molecule has 0 aliphatic heterocycles. The highest BCUT2D eigenvalue weighted by molar-refractivity contribution is 5.11. The summed E-state index contributed by atoms with van der Waals surface area (Å²) in [7, 11) is 0. The monoisotopic (exact) mass is 145 g/mol. The third kappa shape index (κ3) is 1.34. The van der Waals surface area contributed by atoms with E-state index >= 15 is 0 Å². The summed E-state index contributed by atoms with van der Waals surface area (Å²) in [5.74, 6) is 0. The van der Waals surface area contributed by atoms with Crippen molar-refractivity contribution in [2.24, 2.45) is 5.73 Å². The van der Waals surface area contributed by atoms with Gasteiger partial charge in [0.2, 0.25) is 0 Å². The maximum Gasteiger partial charge on any atom is 0.277 e. The van der Waals surface area contributed by atoms with Gasteiger partial charge in [-0.3, -0.25) is 0 Å². The SMILES string of the molecule is N[C@H](CO)c1coc(F)c1. The van der Waals surface area contributed by atoms with Crippen LogP contribution in [0, 0.1) is 6.01 Å². The number of aliphatic hydroxyl groups excluding tert-OH is 1. The van der Waals surface area contributed by atoms with Crippen molar-refractivity contribution in [1.82, 2.24) is 0 Å². The van der Waals surface area contributed by atoms with Crippen LogP contribution in [0.4, 0.5) is 4.39 Å². The van der Waals surface area contributed by atoms with Crippen molar-refractivity contribution in [2.45, 2.75) is 6.04 Å². The van der Waals surface area contributed by atoms with Crippen molar-refractivity contribution in [3.05, 3.63) is 23.9 Å². The summed E-state index contributed by atoms with van der Waals surface area (Å²) in [6.45, 7) is -0.209. The fraction of sp³-hybridized carbons (Fsp3) is 0.333. The molecule has 0 amide bonds. The second-order valence-corrected chi connectivity index (χ2v) is 1.97. The Bertz CT molecular complexity index is 211. The number of aliphatic hydroxyl groups is 1. The molecule has 0 aliphatic carbocycles. The van der Waals surface area contributed by atoms with Crippen molar-refractivity contribution in [1.29, 1.82) is 0 Å². The topological polar surface area (TPSA) is 59.4 Å². The summed E-state index contributed by atoms with van der Waals surface area (Å²) in [4.78, 5) is 0. The van der Waals surface area contributed by atoms with E-state index in [1.165, 1.54) is 6.26 Å². The molecule has 1 atom stereocenters. The average Bonchev–Trinajstić information content (AvgIpc) is 2.34. The number of furan rings is 1. The van der Waals surface area contributed by atoms with E-state index in [1.807, 2.05) is 0 Å². The Balaban J connectivity index is 2.74. The molecule has 0 aliphatic rings. The van der Waals surface area contributed by atoms with Gasteiger partial charge in [0.1, 0.15) is 0 Å². The zero-order chi connectivity index (χ0) is 7.56. The lowest BCUT2D eigenvalue weighted by atomic mass is 10.2. The van der Waals surface area contributed by atoms with Crippen LogP contribution in [0.3, 0.4) is 0 Å². The molecule has 0 radical (unpaired) electrons. The van der Waals surface area contributed by atoms with E-state index in [0.29, 0.717) is 5.56 Å². The van der Waals surface area contributed by atoms with Gasteiger partial charge in [-0.25, -0.2) is 0 Å². The molecule has 1 aromatic heterocycles. The van der Waals surface area contributed by atoms with Crippen LogP contribution in [0.1, 0.15) is 11.6 Å².